The summed E-state index contributed by atoms with van der Waals surface area (Å²) in [5, 5.41) is 2.65. The van der Waals surface area contributed by atoms with Gasteiger partial charge in [0.05, 0.1) is 32.0 Å². The van der Waals surface area contributed by atoms with E-state index < -0.39 is 15.7 Å². The van der Waals surface area contributed by atoms with Crippen LogP contribution in [0.25, 0.3) is 0 Å². The summed E-state index contributed by atoms with van der Waals surface area (Å²) >= 11 is 0. The van der Waals surface area contributed by atoms with E-state index in [1.807, 2.05) is 0 Å². The smallest absolute Gasteiger partial charge is 0.225 e. The van der Waals surface area contributed by atoms with Crippen molar-refractivity contribution in [1.29, 1.82) is 0 Å². The molecule has 0 saturated carbocycles. The summed E-state index contributed by atoms with van der Waals surface area (Å²) in [5.74, 6) is 0.462. The molecular weight excluding hydrogens is 358 g/mol. The van der Waals surface area contributed by atoms with Gasteiger partial charge in [0.25, 0.3) is 0 Å². The largest absolute Gasteiger partial charge is 0.493 e. The molecule has 0 aliphatic heterocycles. The Bertz CT molecular complexity index is 840. The molecule has 2 aromatic rings. The Kier molecular flexibility index (Phi) is 6.46. The van der Waals surface area contributed by atoms with E-state index in [2.05, 4.69) is 5.32 Å². The lowest BCUT2D eigenvalue weighted by Gasteiger charge is -2.14. The molecule has 0 saturated heterocycles. The average Bonchev–Trinajstić information content (AvgIpc) is 2.66. The first kappa shape index (κ1) is 19.6. The summed E-state index contributed by atoms with van der Waals surface area (Å²) in [4.78, 5) is 12.4. The fraction of sp³-hybridized carbons (Fsp3) is 0.278. The van der Waals surface area contributed by atoms with Crippen molar-refractivity contribution < 1.29 is 27.4 Å². The predicted molar refractivity (Wildman–Crippen MR) is 97.8 cm³/mol. The van der Waals surface area contributed by atoms with Gasteiger partial charge in [-0.25, -0.2) is 8.42 Å². The van der Waals surface area contributed by atoms with Crippen molar-refractivity contribution in [2.45, 2.75) is 11.3 Å². The van der Waals surface area contributed by atoms with Gasteiger partial charge in [-0.3, -0.25) is 4.79 Å². The molecule has 0 aliphatic carbocycles. The van der Waals surface area contributed by atoms with Gasteiger partial charge in [0.2, 0.25) is 11.7 Å². The quantitative estimate of drug-likeness (QED) is 0.758. The Morgan fingerprint density at radius 1 is 0.962 bits per heavy atom. The van der Waals surface area contributed by atoms with Gasteiger partial charge >= 0.3 is 0 Å². The number of carbonyl (C=O) groups is 1. The van der Waals surface area contributed by atoms with Crippen LogP contribution in [-0.2, 0) is 14.6 Å². The molecule has 0 radical (unpaired) electrons. The molecule has 0 unspecified atom stereocenters. The van der Waals surface area contributed by atoms with Gasteiger partial charge in [-0.1, -0.05) is 18.2 Å². The minimum Gasteiger partial charge on any atom is -0.493 e. The molecule has 0 atom stereocenters. The lowest BCUT2D eigenvalue weighted by molar-refractivity contribution is -0.115. The maximum atomic E-state index is 12.2. The molecule has 0 spiro atoms. The first-order valence-corrected chi connectivity index (χ1v) is 9.44. The van der Waals surface area contributed by atoms with Crippen LogP contribution in [0.15, 0.2) is 47.4 Å². The Morgan fingerprint density at radius 2 is 1.54 bits per heavy atom. The zero-order chi connectivity index (χ0) is 19.2. The number of carbonyl (C=O) groups excluding carboxylic acids is 1. The fourth-order valence-corrected chi connectivity index (χ4v) is 3.61. The monoisotopic (exact) mass is 379 g/mol. The molecule has 0 bridgehead atoms. The van der Waals surface area contributed by atoms with Crippen LogP contribution in [0.2, 0.25) is 0 Å². The van der Waals surface area contributed by atoms with Crippen LogP contribution >= 0.6 is 0 Å². The molecule has 26 heavy (non-hydrogen) atoms. The Labute approximate surface area is 152 Å². The zero-order valence-electron chi connectivity index (χ0n) is 14.8. The molecule has 2 aromatic carbocycles. The molecule has 140 valence electrons. The van der Waals surface area contributed by atoms with Crippen molar-refractivity contribution in [3.63, 3.8) is 0 Å². The van der Waals surface area contributed by atoms with Gasteiger partial charge in [0.15, 0.2) is 21.3 Å². The molecule has 8 heteroatoms. The number of anilines is 1. The van der Waals surface area contributed by atoms with Gasteiger partial charge in [0.1, 0.15) is 0 Å². The van der Waals surface area contributed by atoms with Crippen LogP contribution in [-0.4, -0.2) is 41.4 Å². The molecule has 0 aromatic heterocycles. The molecule has 7 nitrogen and oxygen atoms in total. The Balaban J connectivity index is 2.08. The van der Waals surface area contributed by atoms with E-state index in [0.717, 1.165) is 0 Å². The first-order chi connectivity index (χ1) is 12.4. The number of sulfone groups is 1. The summed E-state index contributed by atoms with van der Waals surface area (Å²) in [6, 6.07) is 11.2. The fourth-order valence-electron chi connectivity index (χ4n) is 2.35. The van der Waals surface area contributed by atoms with Gasteiger partial charge in [0, 0.05) is 24.2 Å². The number of amides is 1. The number of rotatable bonds is 8. The van der Waals surface area contributed by atoms with Crippen LogP contribution < -0.4 is 19.5 Å². The van der Waals surface area contributed by atoms with Crippen molar-refractivity contribution in [3.05, 3.63) is 42.5 Å². The SMILES string of the molecule is COc1cc(NC(=O)CCS(=O)(=O)c2ccccc2)cc(OC)c1OC. The van der Waals surface area contributed by atoms with E-state index in [9.17, 15) is 13.2 Å². The second kappa shape index (κ2) is 8.57. The highest BCUT2D eigenvalue weighted by atomic mass is 32.2. The van der Waals surface area contributed by atoms with E-state index in [-0.39, 0.29) is 17.1 Å². The summed E-state index contributed by atoms with van der Waals surface area (Å²) < 4.78 is 40.1. The number of ether oxygens (including phenoxy) is 3. The van der Waals surface area contributed by atoms with E-state index in [4.69, 9.17) is 14.2 Å². The van der Waals surface area contributed by atoms with Crippen LogP contribution in [0.3, 0.4) is 0 Å². The van der Waals surface area contributed by atoms with E-state index >= 15 is 0 Å². The summed E-state index contributed by atoms with van der Waals surface area (Å²) in [6.07, 6.45) is -0.173. The minimum atomic E-state index is -3.51. The standard InChI is InChI=1S/C18H21NO6S/c1-23-15-11-13(12-16(24-2)18(15)25-3)19-17(20)9-10-26(21,22)14-7-5-4-6-8-14/h4-8,11-12H,9-10H2,1-3H3,(H,19,20). The lowest BCUT2D eigenvalue weighted by Crippen LogP contribution is -2.17. The third-order valence-electron chi connectivity index (χ3n) is 3.65. The van der Waals surface area contributed by atoms with Crippen molar-refractivity contribution in [1.82, 2.24) is 0 Å². The van der Waals surface area contributed by atoms with Crippen molar-refractivity contribution in [2.75, 3.05) is 32.4 Å². The second-order valence-electron chi connectivity index (χ2n) is 5.34. The van der Waals surface area contributed by atoms with Crippen molar-refractivity contribution in [2.24, 2.45) is 0 Å². The second-order valence-corrected chi connectivity index (χ2v) is 7.45. The van der Waals surface area contributed by atoms with Crippen molar-refractivity contribution >= 4 is 21.4 Å². The topological polar surface area (TPSA) is 90.9 Å². The highest BCUT2D eigenvalue weighted by Gasteiger charge is 2.18. The third kappa shape index (κ3) is 4.66. The zero-order valence-corrected chi connectivity index (χ0v) is 15.6. The molecule has 0 heterocycles. The minimum absolute atomic E-state index is 0.173. The normalized spacial score (nSPS) is 10.9. The maximum Gasteiger partial charge on any atom is 0.225 e. The summed E-state index contributed by atoms with van der Waals surface area (Å²) in [5.41, 5.74) is 0.418. The Hall–Kier alpha value is -2.74. The van der Waals surface area contributed by atoms with Crippen molar-refractivity contribution in [3.8, 4) is 17.2 Å². The van der Waals surface area contributed by atoms with Gasteiger partial charge in [-0.15, -0.1) is 0 Å². The van der Waals surface area contributed by atoms with Crippen LogP contribution in [0, 0.1) is 0 Å². The molecular formula is C18H21NO6S. The van der Waals surface area contributed by atoms with E-state index in [1.54, 1.807) is 30.3 Å². The Morgan fingerprint density at radius 3 is 2.04 bits per heavy atom. The first-order valence-electron chi connectivity index (χ1n) is 7.79. The molecule has 2 rings (SSSR count). The summed E-state index contributed by atoms with van der Waals surface area (Å²) in [7, 11) is 0.900. The molecule has 0 aliphatic rings. The number of benzene rings is 2. The van der Waals surface area contributed by atoms with E-state index in [0.29, 0.717) is 22.9 Å². The average molecular weight is 379 g/mol. The van der Waals surface area contributed by atoms with E-state index in [1.165, 1.54) is 33.5 Å². The lowest BCUT2D eigenvalue weighted by atomic mass is 10.2. The highest BCUT2D eigenvalue weighted by Crippen LogP contribution is 2.39. The number of hydrogen-bond donors (Lipinski definition) is 1. The van der Waals surface area contributed by atoms with Crippen LogP contribution in [0.4, 0.5) is 5.69 Å². The molecule has 1 amide bonds. The predicted octanol–water partition coefficient (Wildman–Crippen LogP) is 2.51. The number of methoxy groups -OCH3 is 3. The van der Waals surface area contributed by atoms with Gasteiger partial charge in [-0.05, 0) is 12.1 Å². The number of hydrogen-bond acceptors (Lipinski definition) is 6. The molecule has 0 fully saturated rings. The number of nitrogens with one attached hydrogen (secondary N) is 1. The maximum absolute atomic E-state index is 12.2. The van der Waals surface area contributed by atoms with Gasteiger partial charge in [-0.2, -0.15) is 0 Å². The third-order valence-corrected chi connectivity index (χ3v) is 5.38. The van der Waals surface area contributed by atoms with Gasteiger partial charge < -0.3 is 19.5 Å². The highest BCUT2D eigenvalue weighted by molar-refractivity contribution is 7.91. The van der Waals surface area contributed by atoms with Crippen LogP contribution in [0.1, 0.15) is 6.42 Å². The summed E-state index contributed by atoms with van der Waals surface area (Å²) in [6.45, 7) is 0. The van der Waals surface area contributed by atoms with Crippen LogP contribution in [0.5, 0.6) is 17.2 Å². The molecule has 1 N–H and O–H groups in total.